The van der Waals surface area contributed by atoms with Crippen molar-refractivity contribution < 1.29 is 19.2 Å². The van der Waals surface area contributed by atoms with Crippen LogP contribution in [0.5, 0.6) is 11.5 Å². The molecule has 0 saturated carbocycles. The summed E-state index contributed by atoms with van der Waals surface area (Å²) in [5, 5.41) is 22.7. The van der Waals surface area contributed by atoms with Crippen molar-refractivity contribution in [1.82, 2.24) is 0 Å². The molecule has 0 atom stereocenters. The highest BCUT2D eigenvalue weighted by Gasteiger charge is 2.19. The van der Waals surface area contributed by atoms with Crippen LogP contribution in [0.2, 0.25) is 10.0 Å². The van der Waals surface area contributed by atoms with Crippen LogP contribution in [0, 0.1) is 21.4 Å². The molecule has 0 unspecified atom stereocenters. The minimum Gasteiger partial charge on any atom is -0.493 e. The van der Waals surface area contributed by atoms with Crippen molar-refractivity contribution in [3.05, 3.63) is 97.5 Å². The molecular weight excluding hydrogens is 481 g/mol. The number of non-ortho nitro benzene ring substituents is 1. The minimum atomic E-state index is -0.808. The molecule has 8 nitrogen and oxygen atoms in total. The number of rotatable bonds is 8. The predicted molar refractivity (Wildman–Crippen MR) is 129 cm³/mol. The molecule has 0 aromatic heterocycles. The second-order valence-corrected chi connectivity index (χ2v) is 7.63. The fourth-order valence-electron chi connectivity index (χ4n) is 2.96. The summed E-state index contributed by atoms with van der Waals surface area (Å²) < 4.78 is 11.3. The lowest BCUT2D eigenvalue weighted by molar-refractivity contribution is -0.384. The van der Waals surface area contributed by atoms with E-state index in [1.54, 1.807) is 18.2 Å². The molecule has 1 N–H and O–H groups in total. The van der Waals surface area contributed by atoms with E-state index in [4.69, 9.17) is 32.7 Å². The number of nitrogens with zero attached hydrogens (tertiary/aromatic N) is 2. The number of amides is 1. The standard InChI is InChI=1S/C24H17Cl2N3O5/c1-33-21-9-5-8-16(23(21)34-14-15-6-3-2-4-7-15)10-17(13-27)24(30)28-22-19(25)11-18(29(31)32)12-20(22)26/h2-12H,14H2,1H3,(H,28,30)/b17-10+. The highest BCUT2D eigenvalue weighted by atomic mass is 35.5. The highest BCUT2D eigenvalue weighted by molar-refractivity contribution is 6.40. The summed E-state index contributed by atoms with van der Waals surface area (Å²) in [6.45, 7) is 0.240. The van der Waals surface area contributed by atoms with E-state index < -0.39 is 10.8 Å². The molecule has 3 aromatic carbocycles. The van der Waals surface area contributed by atoms with Crippen LogP contribution in [0.1, 0.15) is 11.1 Å². The Bertz CT molecular complexity index is 1280. The van der Waals surface area contributed by atoms with Gasteiger partial charge in [0.1, 0.15) is 18.2 Å². The number of carbonyl (C=O) groups is 1. The van der Waals surface area contributed by atoms with Crippen LogP contribution in [-0.2, 0) is 11.4 Å². The summed E-state index contributed by atoms with van der Waals surface area (Å²) >= 11 is 12.1. The lowest BCUT2D eigenvalue weighted by Gasteiger charge is -2.14. The quantitative estimate of drug-likeness (QED) is 0.175. The zero-order valence-electron chi connectivity index (χ0n) is 17.7. The minimum absolute atomic E-state index is 0.0497. The Morgan fingerprint density at radius 3 is 2.41 bits per heavy atom. The van der Waals surface area contributed by atoms with E-state index in [2.05, 4.69) is 5.32 Å². The predicted octanol–water partition coefficient (Wildman–Crippen LogP) is 6.03. The molecule has 0 fully saturated rings. The lowest BCUT2D eigenvalue weighted by Crippen LogP contribution is -2.14. The number of benzene rings is 3. The Hall–Kier alpha value is -4.06. The lowest BCUT2D eigenvalue weighted by atomic mass is 10.1. The average Bonchev–Trinajstić information content (AvgIpc) is 2.83. The van der Waals surface area contributed by atoms with E-state index in [9.17, 15) is 20.2 Å². The van der Waals surface area contributed by atoms with Gasteiger partial charge in [-0.3, -0.25) is 14.9 Å². The molecule has 1 amide bonds. The third kappa shape index (κ3) is 5.84. The molecule has 0 saturated heterocycles. The average molecular weight is 498 g/mol. The number of nitrogens with one attached hydrogen (secondary N) is 1. The zero-order chi connectivity index (χ0) is 24.7. The maximum absolute atomic E-state index is 12.8. The molecule has 3 rings (SSSR count). The van der Waals surface area contributed by atoms with Crippen LogP contribution in [-0.4, -0.2) is 17.9 Å². The second-order valence-electron chi connectivity index (χ2n) is 6.82. The number of nitro benzene ring substituents is 1. The topological polar surface area (TPSA) is 114 Å². The van der Waals surface area contributed by atoms with Crippen molar-refractivity contribution >= 4 is 46.6 Å². The molecule has 3 aromatic rings. The molecule has 0 aliphatic rings. The van der Waals surface area contributed by atoms with Gasteiger partial charge in [0.05, 0.1) is 27.8 Å². The number of halogens is 2. The summed E-state index contributed by atoms with van der Waals surface area (Å²) in [4.78, 5) is 23.1. The molecule has 0 aliphatic carbocycles. The summed E-state index contributed by atoms with van der Waals surface area (Å²) in [6.07, 6.45) is 1.34. The monoisotopic (exact) mass is 497 g/mol. The van der Waals surface area contributed by atoms with Crippen molar-refractivity contribution in [1.29, 1.82) is 5.26 Å². The largest absolute Gasteiger partial charge is 0.493 e. The van der Waals surface area contributed by atoms with Crippen molar-refractivity contribution in [2.45, 2.75) is 6.61 Å². The van der Waals surface area contributed by atoms with Gasteiger partial charge < -0.3 is 14.8 Å². The van der Waals surface area contributed by atoms with Gasteiger partial charge in [-0.05, 0) is 17.7 Å². The summed E-state index contributed by atoms with van der Waals surface area (Å²) in [6, 6.07) is 18.4. The number of anilines is 1. The molecule has 0 spiro atoms. The Kier molecular flexibility index (Phi) is 8.09. The molecular formula is C24H17Cl2N3O5. The molecule has 34 heavy (non-hydrogen) atoms. The number of hydrogen-bond acceptors (Lipinski definition) is 6. The van der Waals surface area contributed by atoms with Gasteiger partial charge in [0.25, 0.3) is 11.6 Å². The number of carbonyl (C=O) groups excluding carboxylic acids is 1. The van der Waals surface area contributed by atoms with Gasteiger partial charge in [-0.25, -0.2) is 0 Å². The first-order valence-corrected chi connectivity index (χ1v) is 10.5. The van der Waals surface area contributed by atoms with Gasteiger partial charge in [-0.15, -0.1) is 0 Å². The third-order valence-electron chi connectivity index (χ3n) is 4.60. The number of ether oxygens (including phenoxy) is 2. The molecule has 0 radical (unpaired) electrons. The Balaban J connectivity index is 1.91. The van der Waals surface area contributed by atoms with Crippen LogP contribution in [0.4, 0.5) is 11.4 Å². The van der Waals surface area contributed by atoms with Gasteiger partial charge in [0, 0.05) is 17.7 Å². The number of methoxy groups -OCH3 is 1. The van der Waals surface area contributed by atoms with Crippen LogP contribution < -0.4 is 14.8 Å². The van der Waals surface area contributed by atoms with Gasteiger partial charge in [0.2, 0.25) is 0 Å². The smallest absolute Gasteiger partial charge is 0.272 e. The number of nitriles is 1. The van der Waals surface area contributed by atoms with Crippen LogP contribution in [0.3, 0.4) is 0 Å². The van der Waals surface area contributed by atoms with Gasteiger partial charge in [-0.1, -0.05) is 65.7 Å². The fraction of sp³-hybridized carbons (Fsp3) is 0.0833. The molecule has 0 bridgehead atoms. The Morgan fingerprint density at radius 1 is 1.15 bits per heavy atom. The van der Waals surface area contributed by atoms with Crippen molar-refractivity contribution in [3.8, 4) is 17.6 Å². The summed E-state index contributed by atoms with van der Waals surface area (Å²) in [5.41, 5.74) is 0.696. The number of para-hydroxylation sites is 1. The van der Waals surface area contributed by atoms with Gasteiger partial charge in [-0.2, -0.15) is 5.26 Å². The zero-order valence-corrected chi connectivity index (χ0v) is 19.3. The van der Waals surface area contributed by atoms with Crippen molar-refractivity contribution in [2.75, 3.05) is 12.4 Å². The molecule has 172 valence electrons. The Morgan fingerprint density at radius 2 is 1.82 bits per heavy atom. The summed E-state index contributed by atoms with van der Waals surface area (Å²) in [7, 11) is 1.48. The first kappa shape index (κ1) is 24.6. The van der Waals surface area contributed by atoms with Crippen LogP contribution >= 0.6 is 23.2 Å². The number of nitro groups is 1. The van der Waals surface area contributed by atoms with E-state index in [1.165, 1.54) is 13.2 Å². The van der Waals surface area contributed by atoms with E-state index >= 15 is 0 Å². The highest BCUT2D eigenvalue weighted by Crippen LogP contribution is 2.36. The van der Waals surface area contributed by atoms with Crippen LogP contribution in [0.15, 0.2) is 66.2 Å². The van der Waals surface area contributed by atoms with E-state index in [1.807, 2.05) is 36.4 Å². The SMILES string of the molecule is COc1cccc(/C=C(\C#N)C(=O)Nc2c(Cl)cc([N+](=O)[O-])cc2Cl)c1OCc1ccccc1. The van der Waals surface area contributed by atoms with Gasteiger partial charge >= 0.3 is 0 Å². The molecule has 0 heterocycles. The normalized spacial score (nSPS) is 10.8. The Labute approximate surface area is 205 Å². The molecule has 0 aliphatic heterocycles. The van der Waals surface area contributed by atoms with Gasteiger partial charge in [0.15, 0.2) is 11.5 Å². The number of hydrogen-bond donors (Lipinski definition) is 1. The van der Waals surface area contributed by atoms with E-state index in [0.29, 0.717) is 17.1 Å². The van der Waals surface area contributed by atoms with Crippen LogP contribution in [0.25, 0.3) is 6.08 Å². The fourth-order valence-corrected chi connectivity index (χ4v) is 3.53. The maximum atomic E-state index is 12.8. The van der Waals surface area contributed by atoms with Crippen molar-refractivity contribution in [3.63, 3.8) is 0 Å². The van der Waals surface area contributed by atoms with E-state index in [0.717, 1.165) is 17.7 Å². The van der Waals surface area contributed by atoms with Crippen molar-refractivity contribution in [2.24, 2.45) is 0 Å². The van der Waals surface area contributed by atoms with E-state index in [-0.39, 0.29) is 33.6 Å². The second kappa shape index (κ2) is 11.2. The first-order valence-electron chi connectivity index (χ1n) is 9.74. The molecule has 10 heteroatoms. The first-order chi connectivity index (χ1) is 16.3. The maximum Gasteiger partial charge on any atom is 0.272 e. The third-order valence-corrected chi connectivity index (χ3v) is 5.19. The summed E-state index contributed by atoms with van der Waals surface area (Å²) in [5.74, 6) is -0.0402.